The lowest BCUT2D eigenvalue weighted by Crippen LogP contribution is -2.21. The van der Waals surface area contributed by atoms with Gasteiger partial charge in [0.25, 0.3) is 0 Å². The van der Waals surface area contributed by atoms with E-state index in [0.717, 1.165) is 42.0 Å². The van der Waals surface area contributed by atoms with Gasteiger partial charge in [-0.2, -0.15) is 0 Å². The summed E-state index contributed by atoms with van der Waals surface area (Å²) in [7, 11) is 4.09. The van der Waals surface area contributed by atoms with Crippen molar-refractivity contribution >= 4 is 17.3 Å². The number of nitrogens with zero attached hydrogens (tertiary/aromatic N) is 3. The summed E-state index contributed by atoms with van der Waals surface area (Å²) >= 11 is 0. The minimum atomic E-state index is 0.667. The molecule has 0 saturated heterocycles. The van der Waals surface area contributed by atoms with Gasteiger partial charge in [0.1, 0.15) is 23.2 Å². The van der Waals surface area contributed by atoms with Gasteiger partial charge in [-0.1, -0.05) is 0 Å². The molecule has 0 spiro atoms. The molecule has 0 aliphatic carbocycles. The normalized spacial score (nSPS) is 10.7. The molecule has 2 rings (SSSR count). The largest absolute Gasteiger partial charge is 0.494 e. The molecular weight excluding hydrogens is 290 g/mol. The van der Waals surface area contributed by atoms with Crippen molar-refractivity contribution in [3.05, 3.63) is 36.2 Å². The van der Waals surface area contributed by atoms with Crippen molar-refractivity contribution in [3.8, 4) is 5.75 Å². The monoisotopic (exact) mass is 315 g/mol. The van der Waals surface area contributed by atoms with Crippen LogP contribution in [-0.2, 0) is 0 Å². The van der Waals surface area contributed by atoms with E-state index >= 15 is 0 Å². The first-order valence-corrected chi connectivity index (χ1v) is 7.81. The molecule has 2 aromatic rings. The standard InChI is InChI=1S/C17H25N5O/c1-5-23-15-8-6-14(7-9-15)21-17-12-16(19-13(2)20-17)18-10-11-22(3)4/h6-9,12H,5,10-11H2,1-4H3,(H2,18,19,20,21). The molecule has 0 unspecified atom stereocenters. The second-order valence-corrected chi connectivity index (χ2v) is 5.50. The molecule has 2 N–H and O–H groups in total. The molecule has 0 radical (unpaired) electrons. The Hall–Kier alpha value is -2.34. The Morgan fingerprint density at radius 3 is 2.43 bits per heavy atom. The van der Waals surface area contributed by atoms with E-state index in [0.29, 0.717) is 6.61 Å². The van der Waals surface area contributed by atoms with Crippen LogP contribution < -0.4 is 15.4 Å². The molecule has 1 aromatic carbocycles. The van der Waals surface area contributed by atoms with E-state index < -0.39 is 0 Å². The van der Waals surface area contributed by atoms with Crippen LogP contribution in [0.25, 0.3) is 0 Å². The molecule has 0 bridgehead atoms. The molecule has 0 amide bonds. The van der Waals surface area contributed by atoms with Crippen molar-refractivity contribution in [1.29, 1.82) is 0 Å². The van der Waals surface area contributed by atoms with Crippen molar-refractivity contribution in [2.45, 2.75) is 13.8 Å². The Morgan fingerprint density at radius 2 is 1.78 bits per heavy atom. The van der Waals surface area contributed by atoms with Gasteiger partial charge in [0.15, 0.2) is 0 Å². The number of ether oxygens (including phenoxy) is 1. The zero-order valence-electron chi connectivity index (χ0n) is 14.3. The summed E-state index contributed by atoms with van der Waals surface area (Å²) in [5.74, 6) is 3.19. The van der Waals surface area contributed by atoms with Gasteiger partial charge in [-0.3, -0.25) is 0 Å². The van der Waals surface area contributed by atoms with Crippen LogP contribution in [0.2, 0.25) is 0 Å². The summed E-state index contributed by atoms with van der Waals surface area (Å²) in [5, 5.41) is 6.61. The SMILES string of the molecule is CCOc1ccc(Nc2cc(NCCN(C)C)nc(C)n2)cc1. The zero-order valence-corrected chi connectivity index (χ0v) is 14.3. The molecule has 0 saturated carbocycles. The molecular formula is C17H25N5O. The number of nitrogens with one attached hydrogen (secondary N) is 2. The van der Waals surface area contributed by atoms with Crippen LogP contribution in [0.1, 0.15) is 12.7 Å². The van der Waals surface area contributed by atoms with Crippen LogP contribution in [0.15, 0.2) is 30.3 Å². The zero-order chi connectivity index (χ0) is 16.7. The van der Waals surface area contributed by atoms with Crippen molar-refractivity contribution in [1.82, 2.24) is 14.9 Å². The maximum Gasteiger partial charge on any atom is 0.136 e. The van der Waals surface area contributed by atoms with Crippen molar-refractivity contribution in [2.24, 2.45) is 0 Å². The molecule has 0 atom stereocenters. The maximum absolute atomic E-state index is 5.45. The third kappa shape index (κ3) is 5.75. The lowest BCUT2D eigenvalue weighted by molar-refractivity contribution is 0.340. The van der Waals surface area contributed by atoms with Gasteiger partial charge in [-0.15, -0.1) is 0 Å². The number of aryl methyl sites for hydroxylation is 1. The van der Waals surface area contributed by atoms with Crippen LogP contribution in [0.4, 0.5) is 17.3 Å². The molecule has 1 aromatic heterocycles. The first-order valence-electron chi connectivity index (χ1n) is 7.81. The number of rotatable bonds is 8. The molecule has 0 aliphatic heterocycles. The lowest BCUT2D eigenvalue weighted by Gasteiger charge is -2.13. The minimum Gasteiger partial charge on any atom is -0.494 e. The van der Waals surface area contributed by atoms with E-state index in [9.17, 15) is 0 Å². The number of hydrogen-bond acceptors (Lipinski definition) is 6. The highest BCUT2D eigenvalue weighted by molar-refractivity contribution is 5.60. The molecule has 6 nitrogen and oxygen atoms in total. The van der Waals surface area contributed by atoms with Crippen LogP contribution in [0.5, 0.6) is 5.75 Å². The summed E-state index contributed by atoms with van der Waals surface area (Å²) in [6.45, 7) is 6.32. The highest BCUT2D eigenvalue weighted by Crippen LogP contribution is 2.20. The van der Waals surface area contributed by atoms with E-state index in [1.807, 2.05) is 58.3 Å². The van der Waals surface area contributed by atoms with E-state index in [4.69, 9.17) is 4.74 Å². The maximum atomic E-state index is 5.45. The van der Waals surface area contributed by atoms with Crippen molar-refractivity contribution in [3.63, 3.8) is 0 Å². The van der Waals surface area contributed by atoms with Crippen LogP contribution in [-0.4, -0.2) is 48.7 Å². The van der Waals surface area contributed by atoms with Crippen LogP contribution in [0.3, 0.4) is 0 Å². The topological polar surface area (TPSA) is 62.3 Å². The number of hydrogen-bond donors (Lipinski definition) is 2. The van der Waals surface area contributed by atoms with E-state index in [1.165, 1.54) is 0 Å². The van der Waals surface area contributed by atoms with Crippen LogP contribution in [0, 0.1) is 6.92 Å². The van der Waals surface area contributed by atoms with E-state index in [2.05, 4.69) is 25.5 Å². The summed E-state index contributed by atoms with van der Waals surface area (Å²) in [6, 6.07) is 9.74. The van der Waals surface area contributed by atoms with Crippen LogP contribution >= 0.6 is 0 Å². The highest BCUT2D eigenvalue weighted by Gasteiger charge is 2.03. The summed E-state index contributed by atoms with van der Waals surface area (Å²) < 4.78 is 5.45. The Labute approximate surface area is 137 Å². The average molecular weight is 315 g/mol. The molecule has 1 heterocycles. The quantitative estimate of drug-likeness (QED) is 0.781. The minimum absolute atomic E-state index is 0.667. The predicted molar refractivity (Wildman–Crippen MR) is 94.7 cm³/mol. The Bertz CT molecular complexity index is 613. The Balaban J connectivity index is 2.02. The second-order valence-electron chi connectivity index (χ2n) is 5.50. The smallest absolute Gasteiger partial charge is 0.136 e. The fraction of sp³-hybridized carbons (Fsp3) is 0.412. The van der Waals surface area contributed by atoms with Gasteiger partial charge in [0.2, 0.25) is 0 Å². The first-order chi connectivity index (χ1) is 11.1. The third-order valence-corrected chi connectivity index (χ3v) is 3.14. The van der Waals surface area contributed by atoms with Crippen molar-refractivity contribution < 1.29 is 4.74 Å². The van der Waals surface area contributed by atoms with Gasteiger partial charge >= 0.3 is 0 Å². The fourth-order valence-corrected chi connectivity index (χ4v) is 2.08. The molecule has 124 valence electrons. The lowest BCUT2D eigenvalue weighted by atomic mass is 10.3. The number of anilines is 3. The van der Waals surface area contributed by atoms with Gasteiger partial charge in [0.05, 0.1) is 6.61 Å². The van der Waals surface area contributed by atoms with Gasteiger partial charge in [-0.05, 0) is 52.2 Å². The Kier molecular flexibility index (Phi) is 6.17. The highest BCUT2D eigenvalue weighted by atomic mass is 16.5. The van der Waals surface area contributed by atoms with Gasteiger partial charge < -0.3 is 20.3 Å². The average Bonchev–Trinajstić information content (AvgIpc) is 2.48. The number of aromatic nitrogens is 2. The molecule has 0 fully saturated rings. The third-order valence-electron chi connectivity index (χ3n) is 3.14. The van der Waals surface area contributed by atoms with Gasteiger partial charge in [-0.25, -0.2) is 9.97 Å². The molecule has 0 aliphatic rings. The number of likely N-dealkylation sites (N-methyl/N-ethyl adjacent to an activating group) is 1. The predicted octanol–water partition coefficient (Wildman–Crippen LogP) is 2.90. The van der Waals surface area contributed by atoms with E-state index in [1.54, 1.807) is 0 Å². The van der Waals surface area contributed by atoms with Gasteiger partial charge in [0, 0.05) is 24.8 Å². The second kappa shape index (κ2) is 8.33. The number of benzene rings is 1. The molecule has 6 heteroatoms. The summed E-state index contributed by atoms with van der Waals surface area (Å²) in [4.78, 5) is 11.0. The summed E-state index contributed by atoms with van der Waals surface area (Å²) in [6.07, 6.45) is 0. The Morgan fingerprint density at radius 1 is 1.09 bits per heavy atom. The van der Waals surface area contributed by atoms with E-state index in [-0.39, 0.29) is 0 Å². The summed E-state index contributed by atoms with van der Waals surface area (Å²) in [5.41, 5.74) is 0.964. The van der Waals surface area contributed by atoms with Crippen molar-refractivity contribution in [2.75, 3.05) is 44.4 Å². The fourth-order valence-electron chi connectivity index (χ4n) is 2.08. The molecule has 23 heavy (non-hydrogen) atoms. The first kappa shape index (κ1) is 17.0.